The number of methoxy groups -OCH3 is 3. The number of nitrogens with zero attached hydrogens (tertiary/aromatic N) is 4. The lowest BCUT2D eigenvalue weighted by molar-refractivity contribution is -0.115. The largest absolute Gasteiger partial charge is 0.497 e. The van der Waals surface area contributed by atoms with Crippen LogP contribution in [0.25, 0.3) is 0 Å². The molecular formula is C20H23N5O4S. The molecule has 1 heterocycles. The third-order valence-corrected chi connectivity index (χ3v) is 5.33. The first kappa shape index (κ1) is 21.4. The van der Waals surface area contributed by atoms with Crippen LogP contribution in [0.3, 0.4) is 0 Å². The minimum Gasteiger partial charge on any atom is -0.497 e. The average molecular weight is 430 g/mol. The zero-order chi connectivity index (χ0) is 21.5. The maximum absolute atomic E-state index is 12.7. The van der Waals surface area contributed by atoms with Crippen molar-refractivity contribution >= 4 is 23.4 Å². The Morgan fingerprint density at radius 1 is 1.03 bits per heavy atom. The standard InChI is InChI=1S/C20H23N5O4S/c1-13(19(26)21-15-9-17(28-3)11-18(10-15)29-4)30-20-22-23-24-25(20)12-14-5-7-16(27-2)8-6-14/h5-11,13H,12H2,1-4H3,(H,21,26). The highest BCUT2D eigenvalue weighted by molar-refractivity contribution is 8.00. The Labute approximate surface area is 178 Å². The van der Waals surface area contributed by atoms with E-state index in [0.717, 1.165) is 11.3 Å². The van der Waals surface area contributed by atoms with Gasteiger partial charge in [-0.15, -0.1) is 5.10 Å². The van der Waals surface area contributed by atoms with Crippen LogP contribution in [0, 0.1) is 0 Å². The van der Waals surface area contributed by atoms with Crippen molar-refractivity contribution < 1.29 is 19.0 Å². The molecule has 3 rings (SSSR count). The van der Waals surface area contributed by atoms with Crippen LogP contribution in [-0.2, 0) is 11.3 Å². The fraction of sp³-hybridized carbons (Fsp3) is 0.300. The zero-order valence-electron chi connectivity index (χ0n) is 17.2. The first-order valence-electron chi connectivity index (χ1n) is 9.12. The van der Waals surface area contributed by atoms with Crippen molar-refractivity contribution in [3.05, 3.63) is 48.0 Å². The minimum atomic E-state index is -0.428. The molecule has 0 fully saturated rings. The Bertz CT molecular complexity index is 971. The van der Waals surface area contributed by atoms with E-state index in [0.29, 0.717) is 28.9 Å². The van der Waals surface area contributed by atoms with Crippen LogP contribution >= 0.6 is 11.8 Å². The molecule has 10 heteroatoms. The van der Waals surface area contributed by atoms with Gasteiger partial charge >= 0.3 is 0 Å². The molecule has 1 atom stereocenters. The van der Waals surface area contributed by atoms with E-state index in [2.05, 4.69) is 20.8 Å². The third-order valence-electron chi connectivity index (χ3n) is 4.26. The van der Waals surface area contributed by atoms with Gasteiger partial charge in [0.05, 0.1) is 33.1 Å². The topological polar surface area (TPSA) is 100 Å². The summed E-state index contributed by atoms with van der Waals surface area (Å²) >= 11 is 1.28. The molecule has 9 nitrogen and oxygen atoms in total. The second kappa shape index (κ2) is 9.97. The number of amides is 1. The van der Waals surface area contributed by atoms with Crippen LogP contribution < -0.4 is 19.5 Å². The second-order valence-corrected chi connectivity index (χ2v) is 7.63. The first-order valence-corrected chi connectivity index (χ1v) is 10.00. The average Bonchev–Trinajstić information content (AvgIpc) is 3.20. The van der Waals surface area contributed by atoms with Gasteiger partial charge in [0.15, 0.2) is 0 Å². The molecule has 0 bridgehead atoms. The highest BCUT2D eigenvalue weighted by Crippen LogP contribution is 2.27. The second-order valence-electron chi connectivity index (χ2n) is 6.32. The maximum atomic E-state index is 12.7. The van der Waals surface area contributed by atoms with Gasteiger partial charge in [-0.2, -0.15) is 0 Å². The smallest absolute Gasteiger partial charge is 0.237 e. The number of carbonyl (C=O) groups excluding carboxylic acids is 1. The summed E-state index contributed by atoms with van der Waals surface area (Å²) in [6, 6.07) is 12.8. The van der Waals surface area contributed by atoms with Crippen molar-refractivity contribution in [2.75, 3.05) is 26.6 Å². The molecule has 0 radical (unpaired) electrons. The summed E-state index contributed by atoms with van der Waals surface area (Å²) in [4.78, 5) is 12.7. The summed E-state index contributed by atoms with van der Waals surface area (Å²) in [5.74, 6) is 1.78. The normalized spacial score (nSPS) is 11.6. The molecule has 0 saturated carbocycles. The van der Waals surface area contributed by atoms with Crippen LogP contribution in [0.2, 0.25) is 0 Å². The number of aromatic nitrogens is 4. The molecule has 0 aliphatic rings. The lowest BCUT2D eigenvalue weighted by Gasteiger charge is -2.13. The highest BCUT2D eigenvalue weighted by atomic mass is 32.2. The van der Waals surface area contributed by atoms with E-state index in [4.69, 9.17) is 14.2 Å². The molecule has 30 heavy (non-hydrogen) atoms. The van der Waals surface area contributed by atoms with Crippen molar-refractivity contribution in [2.24, 2.45) is 0 Å². The monoisotopic (exact) mass is 429 g/mol. The Morgan fingerprint density at radius 2 is 1.67 bits per heavy atom. The Kier molecular flexibility index (Phi) is 7.12. The van der Waals surface area contributed by atoms with E-state index < -0.39 is 5.25 Å². The van der Waals surface area contributed by atoms with E-state index in [1.54, 1.807) is 51.1 Å². The van der Waals surface area contributed by atoms with Crippen LogP contribution in [0.5, 0.6) is 17.2 Å². The number of anilines is 1. The molecule has 0 aliphatic heterocycles. The fourth-order valence-corrected chi connectivity index (χ4v) is 3.41. The van der Waals surface area contributed by atoms with Gasteiger partial charge in [-0.3, -0.25) is 4.79 Å². The minimum absolute atomic E-state index is 0.186. The molecule has 158 valence electrons. The lowest BCUT2D eigenvalue weighted by Crippen LogP contribution is -2.23. The molecule has 0 aliphatic carbocycles. The summed E-state index contributed by atoms with van der Waals surface area (Å²) in [5.41, 5.74) is 1.60. The van der Waals surface area contributed by atoms with Gasteiger partial charge in [-0.25, -0.2) is 4.68 Å². The number of tetrazole rings is 1. The molecule has 1 aromatic heterocycles. The van der Waals surface area contributed by atoms with Gasteiger partial charge in [0.1, 0.15) is 17.2 Å². The van der Waals surface area contributed by atoms with Crippen LogP contribution in [0.15, 0.2) is 47.6 Å². The zero-order valence-corrected chi connectivity index (χ0v) is 18.0. The highest BCUT2D eigenvalue weighted by Gasteiger charge is 2.19. The van der Waals surface area contributed by atoms with Gasteiger partial charge in [0.2, 0.25) is 11.1 Å². The molecular weight excluding hydrogens is 406 g/mol. The molecule has 2 aromatic carbocycles. The maximum Gasteiger partial charge on any atom is 0.237 e. The molecule has 1 N–H and O–H groups in total. The van der Waals surface area contributed by atoms with Crippen LogP contribution in [-0.4, -0.2) is 52.7 Å². The number of rotatable bonds is 9. The van der Waals surface area contributed by atoms with Gasteiger partial charge in [0, 0.05) is 23.9 Å². The third kappa shape index (κ3) is 5.41. The molecule has 1 amide bonds. The number of nitrogens with one attached hydrogen (secondary N) is 1. The van der Waals surface area contributed by atoms with Crippen molar-refractivity contribution in [1.82, 2.24) is 20.2 Å². The molecule has 0 spiro atoms. The van der Waals surface area contributed by atoms with E-state index in [9.17, 15) is 4.79 Å². The Morgan fingerprint density at radius 3 is 2.27 bits per heavy atom. The van der Waals surface area contributed by atoms with Gasteiger partial charge in [-0.1, -0.05) is 23.9 Å². The summed E-state index contributed by atoms with van der Waals surface area (Å²) in [6.45, 7) is 2.28. The van der Waals surface area contributed by atoms with Crippen molar-refractivity contribution in [1.29, 1.82) is 0 Å². The summed E-state index contributed by atoms with van der Waals surface area (Å²) in [6.07, 6.45) is 0. The lowest BCUT2D eigenvalue weighted by atomic mass is 10.2. The van der Waals surface area contributed by atoms with E-state index >= 15 is 0 Å². The number of benzene rings is 2. The molecule has 3 aromatic rings. The number of carbonyl (C=O) groups is 1. The van der Waals surface area contributed by atoms with Crippen LogP contribution in [0.4, 0.5) is 5.69 Å². The van der Waals surface area contributed by atoms with E-state index in [1.807, 2.05) is 24.3 Å². The summed E-state index contributed by atoms with van der Waals surface area (Å²) < 4.78 is 17.3. The Hall–Kier alpha value is -3.27. The van der Waals surface area contributed by atoms with Gasteiger partial charge < -0.3 is 19.5 Å². The van der Waals surface area contributed by atoms with Gasteiger partial charge in [-0.05, 0) is 35.0 Å². The number of thioether (sulfide) groups is 1. The number of hydrogen-bond acceptors (Lipinski definition) is 8. The number of ether oxygens (including phenoxy) is 3. The molecule has 1 unspecified atom stereocenters. The summed E-state index contributed by atoms with van der Waals surface area (Å²) in [5, 5.41) is 14.8. The van der Waals surface area contributed by atoms with Crippen LogP contribution in [0.1, 0.15) is 12.5 Å². The quantitative estimate of drug-likeness (QED) is 0.518. The van der Waals surface area contributed by atoms with Crippen molar-refractivity contribution in [3.63, 3.8) is 0 Å². The van der Waals surface area contributed by atoms with E-state index in [1.165, 1.54) is 11.8 Å². The van der Waals surface area contributed by atoms with Crippen molar-refractivity contribution in [2.45, 2.75) is 23.9 Å². The SMILES string of the molecule is COc1ccc(Cn2nnnc2SC(C)C(=O)Nc2cc(OC)cc(OC)c2)cc1. The fourth-order valence-electron chi connectivity index (χ4n) is 2.62. The Balaban J connectivity index is 1.65. The predicted octanol–water partition coefficient (Wildman–Crippen LogP) is 2.87. The van der Waals surface area contributed by atoms with Gasteiger partial charge in [0.25, 0.3) is 0 Å². The predicted molar refractivity (Wildman–Crippen MR) is 113 cm³/mol. The summed E-state index contributed by atoms with van der Waals surface area (Å²) in [7, 11) is 4.74. The van der Waals surface area contributed by atoms with Crippen molar-refractivity contribution in [3.8, 4) is 17.2 Å². The molecule has 0 saturated heterocycles. The number of hydrogen-bond donors (Lipinski definition) is 1. The first-order chi connectivity index (χ1) is 14.5. The van der Waals surface area contributed by atoms with E-state index in [-0.39, 0.29) is 5.91 Å².